The molecule has 4 aromatic carbocycles. The molecule has 4 rings (SSSR count). The van der Waals surface area contributed by atoms with E-state index in [1.165, 1.54) is 0 Å². The van der Waals surface area contributed by atoms with Gasteiger partial charge in [0.25, 0.3) is 0 Å². The molecule has 4 aromatic rings. The highest BCUT2D eigenvalue weighted by atomic mass is 32.2. The van der Waals surface area contributed by atoms with Crippen molar-refractivity contribution >= 4 is 16.9 Å². The number of hydrogen-bond acceptors (Lipinski definition) is 7. The Hall–Kier alpha value is -3.30. The fourth-order valence-electron chi connectivity index (χ4n) is 4.09. The highest BCUT2D eigenvalue weighted by Gasteiger charge is 2.39. The first-order valence-electron chi connectivity index (χ1n) is 13.2. The molecule has 0 amide bonds. The molecule has 0 fully saturated rings. The van der Waals surface area contributed by atoms with Crippen molar-refractivity contribution in [1.82, 2.24) is 0 Å². The number of ether oxygens (including phenoxy) is 3. The van der Waals surface area contributed by atoms with Crippen LogP contribution in [0.2, 0.25) is 0 Å². The van der Waals surface area contributed by atoms with Gasteiger partial charge < -0.3 is 24.4 Å². The average Bonchev–Trinajstić information content (AvgIpc) is 3.00. The van der Waals surface area contributed by atoms with E-state index < -0.39 is 29.5 Å². The molecular weight excluding hydrogens is 524 g/mol. The Morgan fingerprint density at radius 1 is 0.600 bits per heavy atom. The lowest BCUT2D eigenvalue weighted by molar-refractivity contribution is -0.177. The van der Waals surface area contributed by atoms with E-state index in [1.807, 2.05) is 109 Å². The maximum absolute atomic E-state index is 13.2. The molecule has 40 heavy (non-hydrogen) atoms. The Morgan fingerprint density at radius 3 is 1.52 bits per heavy atom. The van der Waals surface area contributed by atoms with Crippen LogP contribution in [0.4, 0.5) is 0 Å². The van der Waals surface area contributed by atoms with Gasteiger partial charge in [-0.25, -0.2) is 0 Å². The minimum Gasteiger partial charge on any atom is -0.388 e. The lowest BCUT2D eigenvalue weighted by Crippen LogP contribution is -2.51. The van der Waals surface area contributed by atoms with Gasteiger partial charge in [0, 0.05) is 4.90 Å². The van der Waals surface area contributed by atoms with Crippen molar-refractivity contribution in [1.29, 1.82) is 0 Å². The number of aliphatic hydroxyl groups is 2. The van der Waals surface area contributed by atoms with Gasteiger partial charge in [0.15, 0.2) is 6.10 Å². The summed E-state index contributed by atoms with van der Waals surface area (Å²) in [5, 5.41) is 22.1. The molecule has 0 saturated carbocycles. The number of aliphatic hydroxyl groups excluding tert-OH is 2. The van der Waals surface area contributed by atoms with Crippen molar-refractivity contribution in [3.05, 3.63) is 138 Å². The number of thioether (sulfide) groups is 1. The van der Waals surface area contributed by atoms with Gasteiger partial charge >= 0.3 is 0 Å². The van der Waals surface area contributed by atoms with Crippen molar-refractivity contribution in [2.24, 2.45) is 0 Å². The van der Waals surface area contributed by atoms with Gasteiger partial charge in [0.1, 0.15) is 18.3 Å². The summed E-state index contributed by atoms with van der Waals surface area (Å²) in [6.45, 7) is 0.490. The first-order chi connectivity index (χ1) is 19.6. The molecule has 0 aliphatic carbocycles. The molecule has 0 heterocycles. The molecular formula is C33H34O6S. The fraction of sp³-hybridized carbons (Fsp3) is 0.242. The minimum absolute atomic E-state index is 0.0771. The lowest BCUT2D eigenvalue weighted by atomic mass is 10.0. The van der Waals surface area contributed by atoms with Gasteiger partial charge in [-0.1, -0.05) is 109 Å². The smallest absolute Gasteiger partial charge is 0.224 e. The monoisotopic (exact) mass is 558 g/mol. The van der Waals surface area contributed by atoms with Crippen LogP contribution < -0.4 is 0 Å². The topological polar surface area (TPSA) is 85.2 Å². The molecule has 0 aromatic heterocycles. The van der Waals surface area contributed by atoms with Gasteiger partial charge in [-0.2, -0.15) is 0 Å². The first-order valence-corrected chi connectivity index (χ1v) is 14.0. The second kappa shape index (κ2) is 16.1. The van der Waals surface area contributed by atoms with Crippen LogP contribution in [0.15, 0.2) is 126 Å². The van der Waals surface area contributed by atoms with E-state index in [1.54, 1.807) is 12.1 Å². The molecule has 0 unspecified atom stereocenters. The summed E-state index contributed by atoms with van der Waals surface area (Å²) in [5.41, 5.74) is 2.70. The highest BCUT2D eigenvalue weighted by molar-refractivity contribution is 8.13. The predicted molar refractivity (Wildman–Crippen MR) is 155 cm³/mol. The summed E-state index contributed by atoms with van der Waals surface area (Å²) < 4.78 is 18.2. The maximum Gasteiger partial charge on any atom is 0.224 e. The van der Waals surface area contributed by atoms with Crippen LogP contribution in [0.3, 0.4) is 0 Å². The highest BCUT2D eigenvalue weighted by Crippen LogP contribution is 2.25. The maximum atomic E-state index is 13.2. The zero-order valence-electron chi connectivity index (χ0n) is 22.1. The zero-order chi connectivity index (χ0) is 28.0. The minimum atomic E-state index is -1.57. The number of benzene rings is 4. The van der Waals surface area contributed by atoms with Gasteiger partial charge in [-0.15, -0.1) is 0 Å². The van der Waals surface area contributed by atoms with Crippen LogP contribution in [0, 0.1) is 0 Å². The van der Waals surface area contributed by atoms with Gasteiger partial charge in [0.2, 0.25) is 5.12 Å². The number of rotatable bonds is 15. The van der Waals surface area contributed by atoms with E-state index in [0.29, 0.717) is 11.5 Å². The van der Waals surface area contributed by atoms with Crippen molar-refractivity contribution in [3.63, 3.8) is 0 Å². The van der Waals surface area contributed by atoms with Crippen LogP contribution in [-0.2, 0) is 38.8 Å². The third-order valence-corrected chi connectivity index (χ3v) is 7.14. The molecule has 6 nitrogen and oxygen atoms in total. The third kappa shape index (κ3) is 9.41. The molecule has 7 heteroatoms. The van der Waals surface area contributed by atoms with Crippen LogP contribution >= 0.6 is 11.8 Å². The zero-order valence-corrected chi connectivity index (χ0v) is 22.9. The van der Waals surface area contributed by atoms with Gasteiger partial charge in [-0.05, 0) is 40.6 Å². The Labute approximate surface area is 239 Å². The predicted octanol–water partition coefficient (Wildman–Crippen LogP) is 5.41. The Bertz CT molecular complexity index is 1260. The van der Waals surface area contributed by atoms with E-state index in [4.69, 9.17) is 14.2 Å². The molecule has 0 saturated heterocycles. The van der Waals surface area contributed by atoms with E-state index in [-0.39, 0.29) is 19.8 Å². The van der Waals surface area contributed by atoms with Crippen molar-refractivity contribution in [2.45, 2.75) is 49.1 Å². The molecule has 0 aliphatic heterocycles. The van der Waals surface area contributed by atoms with Crippen LogP contribution in [0.25, 0.3) is 0 Å². The fourth-order valence-corrected chi connectivity index (χ4v) is 4.87. The molecule has 2 N–H and O–H groups in total. The summed E-state index contributed by atoms with van der Waals surface area (Å²) in [4.78, 5) is 13.9. The molecule has 0 radical (unpaired) electrons. The first kappa shape index (κ1) is 29.7. The molecule has 4 atom stereocenters. The second-order valence-electron chi connectivity index (χ2n) is 9.27. The molecule has 0 spiro atoms. The largest absolute Gasteiger partial charge is 0.388 e. The summed E-state index contributed by atoms with van der Waals surface area (Å²) in [5.74, 6) is 0. The number of hydrogen-bond donors (Lipinski definition) is 2. The third-order valence-electron chi connectivity index (χ3n) is 6.19. The summed E-state index contributed by atoms with van der Waals surface area (Å²) in [6.07, 6.45) is -4.98. The Kier molecular flexibility index (Phi) is 11.9. The van der Waals surface area contributed by atoms with Crippen molar-refractivity contribution < 1.29 is 29.2 Å². The second-order valence-corrected chi connectivity index (χ2v) is 10.3. The standard InChI is InChI=1S/C33H34O6S/c34-29(24-37-21-25-13-5-1-6-14-25)31(38-22-26-15-7-2-8-16-26)32(39-23-27-17-9-3-10-18-27)30(35)33(36)40-28-19-11-4-12-20-28/h1-20,29-32,34-35H,21-24H2/t29-,30-,31-,32-/m1/s1. The van der Waals surface area contributed by atoms with Crippen molar-refractivity contribution in [2.75, 3.05) is 6.61 Å². The molecule has 0 aliphatic rings. The Balaban J connectivity index is 1.54. The number of carbonyl (C=O) groups is 1. The molecule has 0 bridgehead atoms. The quantitative estimate of drug-likeness (QED) is 0.189. The normalized spacial score (nSPS) is 14.2. The van der Waals surface area contributed by atoms with Crippen LogP contribution in [-0.4, -0.2) is 46.4 Å². The molecule has 208 valence electrons. The van der Waals surface area contributed by atoms with E-state index >= 15 is 0 Å². The summed E-state index contributed by atoms with van der Waals surface area (Å²) in [6, 6.07) is 37.7. The lowest BCUT2D eigenvalue weighted by Gasteiger charge is -2.33. The SMILES string of the molecule is O=C(Sc1ccccc1)[C@H](O)[C@@H](OCc1ccccc1)[C@H](OCc1ccccc1)[C@H](O)COCc1ccccc1. The van der Waals surface area contributed by atoms with Crippen LogP contribution in [0.5, 0.6) is 0 Å². The van der Waals surface area contributed by atoms with E-state index in [9.17, 15) is 15.0 Å². The van der Waals surface area contributed by atoms with Crippen molar-refractivity contribution in [3.8, 4) is 0 Å². The Morgan fingerprint density at radius 2 is 1.02 bits per heavy atom. The van der Waals surface area contributed by atoms with Gasteiger partial charge in [0.05, 0.1) is 26.4 Å². The van der Waals surface area contributed by atoms with Gasteiger partial charge in [-0.3, -0.25) is 4.79 Å². The summed E-state index contributed by atoms with van der Waals surface area (Å²) in [7, 11) is 0. The summed E-state index contributed by atoms with van der Waals surface area (Å²) >= 11 is 0.923. The van der Waals surface area contributed by atoms with Crippen LogP contribution in [0.1, 0.15) is 16.7 Å². The number of carbonyl (C=O) groups excluding carboxylic acids is 1. The van der Waals surface area contributed by atoms with E-state index in [2.05, 4.69) is 0 Å². The average molecular weight is 559 g/mol. The van der Waals surface area contributed by atoms with E-state index in [0.717, 1.165) is 28.5 Å².